The van der Waals surface area contributed by atoms with E-state index in [1.165, 1.54) is 0 Å². The molecule has 0 amide bonds. The van der Waals surface area contributed by atoms with Gasteiger partial charge in [0.1, 0.15) is 11.4 Å². The first-order valence-electron chi connectivity index (χ1n) is 4.94. The summed E-state index contributed by atoms with van der Waals surface area (Å²) >= 11 is 0. The van der Waals surface area contributed by atoms with E-state index in [2.05, 4.69) is 4.98 Å². The number of carbonyl (C=O) groups excluding carboxylic acids is 1. The first kappa shape index (κ1) is 10.5. The van der Waals surface area contributed by atoms with Crippen LogP contribution in [-0.4, -0.2) is 29.1 Å². The van der Waals surface area contributed by atoms with E-state index in [0.717, 1.165) is 0 Å². The number of ether oxygens (including phenoxy) is 2. The van der Waals surface area contributed by atoms with Gasteiger partial charge in [0.15, 0.2) is 5.69 Å². The molecule has 0 N–H and O–H groups in total. The van der Waals surface area contributed by atoms with Crippen LogP contribution in [0.3, 0.4) is 0 Å². The number of carbonyl (C=O) groups is 1. The van der Waals surface area contributed by atoms with Crippen LogP contribution in [0.25, 0.3) is 5.65 Å². The van der Waals surface area contributed by atoms with Crippen molar-refractivity contribution in [2.45, 2.75) is 6.92 Å². The minimum absolute atomic E-state index is 0.301. The van der Waals surface area contributed by atoms with Crippen LogP contribution < -0.4 is 4.74 Å². The maximum Gasteiger partial charge on any atom is 0.358 e. The van der Waals surface area contributed by atoms with Crippen LogP contribution in [0.1, 0.15) is 17.4 Å². The molecule has 2 rings (SSSR count). The van der Waals surface area contributed by atoms with Gasteiger partial charge >= 0.3 is 5.97 Å². The van der Waals surface area contributed by atoms with E-state index in [4.69, 9.17) is 9.47 Å². The predicted molar refractivity (Wildman–Crippen MR) is 57.7 cm³/mol. The molecule has 0 unspecified atom stereocenters. The van der Waals surface area contributed by atoms with Gasteiger partial charge in [-0.15, -0.1) is 0 Å². The Bertz CT molecular complexity index is 519. The summed E-state index contributed by atoms with van der Waals surface area (Å²) in [6, 6.07) is 3.57. The average Bonchev–Trinajstić information content (AvgIpc) is 2.71. The fourth-order valence-corrected chi connectivity index (χ4v) is 1.40. The third-order valence-electron chi connectivity index (χ3n) is 2.14. The maximum absolute atomic E-state index is 11.4. The Hall–Kier alpha value is -2.04. The van der Waals surface area contributed by atoms with E-state index in [1.54, 1.807) is 43.0 Å². The molecule has 0 aromatic carbocycles. The van der Waals surface area contributed by atoms with E-state index in [0.29, 0.717) is 23.7 Å². The van der Waals surface area contributed by atoms with Crippen LogP contribution in [0.2, 0.25) is 0 Å². The number of hydrogen-bond donors (Lipinski definition) is 0. The van der Waals surface area contributed by atoms with Gasteiger partial charge in [0, 0.05) is 6.20 Å². The van der Waals surface area contributed by atoms with E-state index < -0.39 is 5.97 Å². The molecule has 0 radical (unpaired) electrons. The predicted octanol–water partition coefficient (Wildman–Crippen LogP) is 1.52. The highest BCUT2D eigenvalue weighted by atomic mass is 16.5. The quantitative estimate of drug-likeness (QED) is 0.736. The Balaban J connectivity index is 2.39. The molecule has 5 nitrogen and oxygen atoms in total. The van der Waals surface area contributed by atoms with Crippen LogP contribution in [0.5, 0.6) is 5.75 Å². The first-order valence-corrected chi connectivity index (χ1v) is 4.94. The van der Waals surface area contributed by atoms with Crippen molar-refractivity contribution in [3.8, 4) is 5.75 Å². The monoisotopic (exact) mass is 220 g/mol. The smallest absolute Gasteiger partial charge is 0.358 e. The minimum Gasteiger partial charge on any atom is -0.495 e. The number of methoxy groups -OCH3 is 1. The highest BCUT2D eigenvalue weighted by molar-refractivity contribution is 5.87. The van der Waals surface area contributed by atoms with Crippen molar-refractivity contribution in [1.29, 1.82) is 0 Å². The Labute approximate surface area is 92.6 Å². The number of pyridine rings is 1. The molecule has 0 saturated heterocycles. The maximum atomic E-state index is 11.4. The van der Waals surface area contributed by atoms with Crippen LogP contribution in [0.15, 0.2) is 24.5 Å². The number of esters is 1. The molecule has 16 heavy (non-hydrogen) atoms. The molecule has 84 valence electrons. The second-order valence-electron chi connectivity index (χ2n) is 3.18. The van der Waals surface area contributed by atoms with Crippen LogP contribution >= 0.6 is 0 Å². The van der Waals surface area contributed by atoms with Crippen molar-refractivity contribution < 1.29 is 14.3 Å². The molecular weight excluding hydrogens is 208 g/mol. The molecule has 2 heterocycles. The number of imidazole rings is 1. The Morgan fingerprint density at radius 2 is 2.25 bits per heavy atom. The molecule has 0 aliphatic carbocycles. The van der Waals surface area contributed by atoms with Gasteiger partial charge in [0.05, 0.1) is 19.9 Å². The molecule has 5 heteroatoms. The number of hydrogen-bond acceptors (Lipinski definition) is 4. The van der Waals surface area contributed by atoms with Crippen LogP contribution in [0.4, 0.5) is 0 Å². The molecule has 0 aliphatic rings. The van der Waals surface area contributed by atoms with E-state index >= 15 is 0 Å². The SMILES string of the molecule is CCOC(=O)c1cn2cc(OC)ccc2n1. The van der Waals surface area contributed by atoms with Gasteiger partial charge in [-0.3, -0.25) is 0 Å². The third kappa shape index (κ3) is 1.84. The van der Waals surface area contributed by atoms with Crippen molar-refractivity contribution >= 4 is 11.6 Å². The molecule has 0 bridgehead atoms. The Morgan fingerprint density at radius 1 is 1.44 bits per heavy atom. The van der Waals surface area contributed by atoms with Gasteiger partial charge in [0.25, 0.3) is 0 Å². The topological polar surface area (TPSA) is 52.8 Å². The molecule has 2 aromatic heterocycles. The Morgan fingerprint density at radius 3 is 2.94 bits per heavy atom. The molecule has 0 fully saturated rings. The molecule has 0 saturated carbocycles. The summed E-state index contributed by atoms with van der Waals surface area (Å²) in [6.07, 6.45) is 3.38. The van der Waals surface area contributed by atoms with Gasteiger partial charge in [0.2, 0.25) is 0 Å². The molecule has 0 aliphatic heterocycles. The summed E-state index contributed by atoms with van der Waals surface area (Å²) in [7, 11) is 1.59. The van der Waals surface area contributed by atoms with Gasteiger partial charge in [-0.25, -0.2) is 9.78 Å². The average molecular weight is 220 g/mol. The summed E-state index contributed by atoms with van der Waals surface area (Å²) in [5, 5.41) is 0. The van der Waals surface area contributed by atoms with Crippen molar-refractivity contribution in [2.24, 2.45) is 0 Å². The second kappa shape index (κ2) is 4.22. The number of nitrogens with zero attached hydrogens (tertiary/aromatic N) is 2. The normalized spacial score (nSPS) is 10.4. The van der Waals surface area contributed by atoms with Gasteiger partial charge in [-0.2, -0.15) is 0 Å². The summed E-state index contributed by atoms with van der Waals surface area (Å²) in [6.45, 7) is 2.10. The van der Waals surface area contributed by atoms with E-state index in [1.807, 2.05) is 0 Å². The lowest BCUT2D eigenvalue weighted by atomic mass is 10.4. The third-order valence-corrected chi connectivity index (χ3v) is 2.14. The summed E-state index contributed by atoms with van der Waals surface area (Å²) in [5.41, 5.74) is 0.985. The van der Waals surface area contributed by atoms with Gasteiger partial charge in [-0.05, 0) is 19.1 Å². The summed E-state index contributed by atoms with van der Waals surface area (Å²) in [5.74, 6) is 0.297. The zero-order valence-electron chi connectivity index (χ0n) is 9.14. The van der Waals surface area contributed by atoms with Gasteiger partial charge < -0.3 is 13.9 Å². The van der Waals surface area contributed by atoms with Crippen LogP contribution in [0, 0.1) is 0 Å². The molecule has 0 atom stereocenters. The highest BCUT2D eigenvalue weighted by Crippen LogP contribution is 2.13. The lowest BCUT2D eigenvalue weighted by Gasteiger charge is -1.98. The molecular formula is C11H12N2O3. The Kier molecular flexibility index (Phi) is 2.76. The van der Waals surface area contributed by atoms with Crippen molar-refractivity contribution in [2.75, 3.05) is 13.7 Å². The van der Waals surface area contributed by atoms with Crippen LogP contribution in [-0.2, 0) is 4.74 Å². The van der Waals surface area contributed by atoms with E-state index in [9.17, 15) is 4.79 Å². The number of fused-ring (bicyclic) bond motifs is 1. The minimum atomic E-state index is -0.412. The van der Waals surface area contributed by atoms with Crippen molar-refractivity contribution in [3.05, 3.63) is 30.2 Å². The standard InChI is InChI=1S/C11H12N2O3/c1-3-16-11(14)9-7-13-6-8(15-2)4-5-10(13)12-9/h4-7H,3H2,1-2H3. The second-order valence-corrected chi connectivity index (χ2v) is 3.18. The number of rotatable bonds is 3. The highest BCUT2D eigenvalue weighted by Gasteiger charge is 2.11. The zero-order valence-corrected chi connectivity index (χ0v) is 9.14. The van der Waals surface area contributed by atoms with Gasteiger partial charge in [-0.1, -0.05) is 0 Å². The molecule has 0 spiro atoms. The summed E-state index contributed by atoms with van der Waals surface area (Å²) < 4.78 is 11.7. The largest absolute Gasteiger partial charge is 0.495 e. The lowest BCUT2D eigenvalue weighted by molar-refractivity contribution is 0.0520. The van der Waals surface area contributed by atoms with Crippen molar-refractivity contribution in [1.82, 2.24) is 9.38 Å². The molecule has 2 aromatic rings. The van der Waals surface area contributed by atoms with Crippen molar-refractivity contribution in [3.63, 3.8) is 0 Å². The first-order chi connectivity index (χ1) is 7.74. The fourth-order valence-electron chi connectivity index (χ4n) is 1.40. The lowest BCUT2D eigenvalue weighted by Crippen LogP contribution is -2.04. The summed E-state index contributed by atoms with van der Waals surface area (Å²) in [4.78, 5) is 15.6. The zero-order chi connectivity index (χ0) is 11.5. The number of aromatic nitrogens is 2. The van der Waals surface area contributed by atoms with E-state index in [-0.39, 0.29) is 0 Å². The fraction of sp³-hybridized carbons (Fsp3) is 0.273.